The molecule has 2 heterocycles. The van der Waals surface area contributed by atoms with Crippen LogP contribution in [0, 0.1) is 0 Å². The van der Waals surface area contributed by atoms with Crippen LogP contribution in [0.15, 0.2) is 79.1 Å². The molecule has 178 valence electrons. The molecule has 0 fully saturated rings. The first-order valence-electron chi connectivity index (χ1n) is 11.8. The Morgan fingerprint density at radius 2 is 1.54 bits per heavy atom. The first-order chi connectivity index (χ1) is 17.2. The van der Waals surface area contributed by atoms with Crippen molar-refractivity contribution in [3.63, 3.8) is 0 Å². The van der Waals surface area contributed by atoms with Crippen LogP contribution in [0.2, 0.25) is 0 Å². The third kappa shape index (κ3) is 4.47. The summed E-state index contributed by atoms with van der Waals surface area (Å²) in [5.41, 5.74) is 5.36. The number of H-pyrrole nitrogens is 2. The third-order valence-corrected chi connectivity index (χ3v) is 6.61. The van der Waals surface area contributed by atoms with E-state index in [1.165, 1.54) is 0 Å². The first kappa shape index (κ1) is 22.6. The molecule has 0 bridgehead atoms. The molecule has 1 atom stereocenters. The van der Waals surface area contributed by atoms with E-state index in [4.69, 9.17) is 9.47 Å². The summed E-state index contributed by atoms with van der Waals surface area (Å²) in [4.78, 5) is 19.6. The Morgan fingerprint density at radius 3 is 2.31 bits per heavy atom. The molecule has 1 unspecified atom stereocenters. The van der Waals surface area contributed by atoms with Crippen LogP contribution in [0.3, 0.4) is 0 Å². The Labute approximate surface area is 204 Å². The van der Waals surface area contributed by atoms with E-state index in [2.05, 4.69) is 33.5 Å². The maximum absolute atomic E-state index is 12.9. The smallest absolute Gasteiger partial charge is 0.220 e. The van der Waals surface area contributed by atoms with Crippen LogP contribution in [0.5, 0.6) is 11.5 Å². The molecule has 6 heteroatoms. The van der Waals surface area contributed by atoms with Crippen molar-refractivity contribution in [2.24, 2.45) is 0 Å². The number of hydrogen-bond donors (Lipinski definition) is 3. The predicted molar refractivity (Wildman–Crippen MR) is 139 cm³/mol. The fourth-order valence-corrected chi connectivity index (χ4v) is 4.85. The number of nitrogens with one attached hydrogen (secondary N) is 3. The number of hydrogen-bond acceptors (Lipinski definition) is 3. The number of aromatic nitrogens is 2. The van der Waals surface area contributed by atoms with Crippen molar-refractivity contribution in [3.05, 3.63) is 95.8 Å². The van der Waals surface area contributed by atoms with Crippen LogP contribution < -0.4 is 14.8 Å². The zero-order valence-corrected chi connectivity index (χ0v) is 19.9. The number of para-hydroxylation sites is 3. The summed E-state index contributed by atoms with van der Waals surface area (Å²) in [6.45, 7) is 0.443. The van der Waals surface area contributed by atoms with E-state index in [0.717, 1.165) is 38.5 Å². The van der Waals surface area contributed by atoms with E-state index >= 15 is 0 Å². The average molecular weight is 468 g/mol. The minimum absolute atomic E-state index is 0.0157. The summed E-state index contributed by atoms with van der Waals surface area (Å²) in [7, 11) is 3.28. The summed E-state index contributed by atoms with van der Waals surface area (Å²) >= 11 is 0. The molecule has 0 aliphatic heterocycles. The summed E-state index contributed by atoms with van der Waals surface area (Å²) in [6, 6.07) is 22.2. The van der Waals surface area contributed by atoms with Crippen molar-refractivity contribution in [2.75, 3.05) is 20.8 Å². The number of ether oxygens (including phenoxy) is 2. The van der Waals surface area contributed by atoms with E-state index in [0.29, 0.717) is 30.9 Å². The van der Waals surface area contributed by atoms with E-state index in [1.807, 2.05) is 60.9 Å². The number of rotatable bonds is 9. The van der Waals surface area contributed by atoms with Gasteiger partial charge in [0.25, 0.3) is 0 Å². The van der Waals surface area contributed by atoms with E-state index in [1.54, 1.807) is 14.2 Å². The number of methoxy groups -OCH3 is 2. The van der Waals surface area contributed by atoms with Crippen LogP contribution in [-0.2, 0) is 11.2 Å². The van der Waals surface area contributed by atoms with Crippen molar-refractivity contribution in [1.82, 2.24) is 15.3 Å². The minimum atomic E-state index is -0.117. The predicted octanol–water partition coefficient (Wildman–Crippen LogP) is 5.55. The SMILES string of the molecule is COc1cccc(C(CNC(=O)CCc2c[nH]c3ccccc23)c2c[nH]c3ccccc23)c1OC. The van der Waals surface area contributed by atoms with Crippen molar-refractivity contribution < 1.29 is 14.3 Å². The molecule has 5 aromatic rings. The van der Waals surface area contributed by atoms with Crippen LogP contribution in [-0.4, -0.2) is 36.6 Å². The summed E-state index contributed by atoms with van der Waals surface area (Å²) < 4.78 is 11.3. The number of benzene rings is 3. The topological polar surface area (TPSA) is 79.1 Å². The van der Waals surface area contributed by atoms with Gasteiger partial charge in [-0.25, -0.2) is 0 Å². The van der Waals surface area contributed by atoms with Crippen molar-refractivity contribution in [3.8, 4) is 11.5 Å². The van der Waals surface area contributed by atoms with E-state index < -0.39 is 0 Å². The number of aryl methyl sites for hydroxylation is 1. The lowest BCUT2D eigenvalue weighted by atomic mass is 9.89. The Kier molecular flexibility index (Phi) is 6.44. The van der Waals surface area contributed by atoms with Gasteiger partial charge in [0.05, 0.1) is 14.2 Å². The van der Waals surface area contributed by atoms with Gasteiger partial charge in [0, 0.05) is 58.6 Å². The van der Waals surface area contributed by atoms with Crippen molar-refractivity contribution in [1.29, 1.82) is 0 Å². The maximum atomic E-state index is 12.9. The molecule has 1 amide bonds. The first-order valence-corrected chi connectivity index (χ1v) is 11.8. The van der Waals surface area contributed by atoms with Crippen molar-refractivity contribution >= 4 is 27.7 Å². The van der Waals surface area contributed by atoms with E-state index in [9.17, 15) is 4.79 Å². The van der Waals surface area contributed by atoms with Crippen LogP contribution in [0.1, 0.15) is 29.0 Å². The molecule has 0 aliphatic rings. The fourth-order valence-electron chi connectivity index (χ4n) is 4.85. The number of aromatic amines is 2. The van der Waals surface area contributed by atoms with Crippen LogP contribution in [0.25, 0.3) is 21.8 Å². The van der Waals surface area contributed by atoms with Gasteiger partial charge in [-0.05, 0) is 35.7 Å². The van der Waals surface area contributed by atoms with Gasteiger partial charge in [0.1, 0.15) is 0 Å². The zero-order valence-electron chi connectivity index (χ0n) is 19.9. The number of amides is 1. The molecule has 0 spiro atoms. The number of fused-ring (bicyclic) bond motifs is 2. The largest absolute Gasteiger partial charge is 0.493 e. The molecule has 0 radical (unpaired) electrons. The number of carbonyl (C=O) groups is 1. The Morgan fingerprint density at radius 1 is 0.829 bits per heavy atom. The summed E-state index contributed by atoms with van der Waals surface area (Å²) in [6.07, 6.45) is 5.11. The molecule has 6 nitrogen and oxygen atoms in total. The van der Waals surface area contributed by atoms with Gasteiger partial charge in [-0.15, -0.1) is 0 Å². The second-order valence-corrected chi connectivity index (χ2v) is 8.59. The Bertz CT molecular complexity index is 1470. The second-order valence-electron chi connectivity index (χ2n) is 8.59. The highest BCUT2D eigenvalue weighted by Gasteiger charge is 2.24. The Hall–Kier alpha value is -4.19. The normalized spacial score (nSPS) is 12.1. The lowest BCUT2D eigenvalue weighted by Gasteiger charge is -2.22. The van der Waals surface area contributed by atoms with Gasteiger partial charge in [0.2, 0.25) is 5.91 Å². The number of carbonyl (C=O) groups excluding carboxylic acids is 1. The van der Waals surface area contributed by atoms with Gasteiger partial charge in [-0.3, -0.25) is 4.79 Å². The van der Waals surface area contributed by atoms with Gasteiger partial charge in [0.15, 0.2) is 11.5 Å². The molecule has 0 saturated carbocycles. The van der Waals surface area contributed by atoms with Crippen LogP contribution in [0.4, 0.5) is 0 Å². The summed E-state index contributed by atoms with van der Waals surface area (Å²) in [5.74, 6) is 1.24. The molecule has 3 aromatic carbocycles. The molecular formula is C29H29N3O3. The van der Waals surface area contributed by atoms with Crippen molar-refractivity contribution in [2.45, 2.75) is 18.8 Å². The van der Waals surface area contributed by atoms with Crippen LogP contribution >= 0.6 is 0 Å². The lowest BCUT2D eigenvalue weighted by molar-refractivity contribution is -0.121. The van der Waals surface area contributed by atoms with E-state index in [-0.39, 0.29) is 11.8 Å². The molecular weight excluding hydrogens is 438 g/mol. The molecule has 5 rings (SSSR count). The standard InChI is InChI=1S/C29H29N3O3/c1-34-27-13-7-10-22(29(27)35-2)24(23-17-31-26-12-6-4-9-21(23)26)18-32-28(33)15-14-19-16-30-25-11-5-3-8-20(19)25/h3-13,16-17,24,30-31H,14-15,18H2,1-2H3,(H,32,33). The highest BCUT2D eigenvalue weighted by Crippen LogP contribution is 2.40. The molecule has 3 N–H and O–H groups in total. The second kappa shape index (κ2) is 9.97. The highest BCUT2D eigenvalue weighted by atomic mass is 16.5. The summed E-state index contributed by atoms with van der Waals surface area (Å²) in [5, 5.41) is 5.46. The molecule has 2 aromatic heterocycles. The third-order valence-electron chi connectivity index (χ3n) is 6.61. The quantitative estimate of drug-likeness (QED) is 0.266. The molecule has 35 heavy (non-hydrogen) atoms. The van der Waals surface area contributed by atoms with Gasteiger partial charge < -0.3 is 24.8 Å². The molecule has 0 saturated heterocycles. The Balaban J connectivity index is 1.39. The monoisotopic (exact) mass is 467 g/mol. The van der Waals surface area contributed by atoms with Gasteiger partial charge in [-0.2, -0.15) is 0 Å². The fraction of sp³-hybridized carbons (Fsp3) is 0.207. The minimum Gasteiger partial charge on any atom is -0.493 e. The zero-order chi connectivity index (χ0) is 24.2. The maximum Gasteiger partial charge on any atom is 0.220 e. The van der Waals surface area contributed by atoms with Gasteiger partial charge in [-0.1, -0.05) is 48.5 Å². The lowest BCUT2D eigenvalue weighted by Crippen LogP contribution is -2.29. The highest BCUT2D eigenvalue weighted by molar-refractivity contribution is 5.85. The van der Waals surface area contributed by atoms with Gasteiger partial charge >= 0.3 is 0 Å². The average Bonchev–Trinajstić information content (AvgIpc) is 3.52. The molecule has 0 aliphatic carbocycles.